The predicted octanol–water partition coefficient (Wildman–Crippen LogP) is 17.1. The van der Waals surface area contributed by atoms with Crippen LogP contribution in [0.25, 0.3) is 88.7 Å². The summed E-state index contributed by atoms with van der Waals surface area (Å²) in [5.41, 5.74) is 19.3. The van der Waals surface area contributed by atoms with E-state index in [1.165, 1.54) is 55.6 Å². The number of hydrogen-bond acceptors (Lipinski definition) is 2. The van der Waals surface area contributed by atoms with Crippen molar-refractivity contribution in [3.05, 3.63) is 249 Å². The van der Waals surface area contributed by atoms with Gasteiger partial charge in [0.1, 0.15) is 11.2 Å². The third-order valence-electron chi connectivity index (χ3n) is 11.9. The fourth-order valence-electron chi connectivity index (χ4n) is 8.61. The molecule has 2 nitrogen and oxygen atoms in total. The first-order valence-electron chi connectivity index (χ1n) is 21.1. The molecule has 0 saturated carbocycles. The van der Waals surface area contributed by atoms with Crippen molar-refractivity contribution in [1.29, 1.82) is 0 Å². The highest BCUT2D eigenvalue weighted by Crippen LogP contribution is 2.40. The van der Waals surface area contributed by atoms with Crippen molar-refractivity contribution in [2.75, 3.05) is 4.90 Å². The maximum Gasteiger partial charge on any atom is 0.135 e. The maximum absolute atomic E-state index is 6.10. The Kier molecular flexibility index (Phi) is 9.57. The highest BCUT2D eigenvalue weighted by atomic mass is 16.3. The predicted molar refractivity (Wildman–Crippen MR) is 261 cm³/mol. The number of rotatable bonds is 9. The fraction of sp³-hybridized carbons (Fsp3) is 0. The van der Waals surface area contributed by atoms with E-state index in [-0.39, 0.29) is 0 Å². The summed E-state index contributed by atoms with van der Waals surface area (Å²) in [6.07, 6.45) is 0. The van der Waals surface area contributed by atoms with Gasteiger partial charge in [-0.15, -0.1) is 0 Å². The first-order valence-corrected chi connectivity index (χ1v) is 21.1. The first-order chi connectivity index (χ1) is 30.7. The van der Waals surface area contributed by atoms with E-state index in [9.17, 15) is 0 Å². The zero-order valence-electron chi connectivity index (χ0n) is 34.0. The molecule has 0 fully saturated rings. The molecule has 11 rings (SSSR count). The second-order valence-electron chi connectivity index (χ2n) is 15.8. The molecule has 0 N–H and O–H groups in total. The van der Waals surface area contributed by atoms with Crippen molar-refractivity contribution in [1.82, 2.24) is 0 Å². The third-order valence-corrected chi connectivity index (χ3v) is 11.9. The minimum absolute atomic E-state index is 0.909. The molecule has 0 atom stereocenters. The Labute approximate surface area is 362 Å². The fourth-order valence-corrected chi connectivity index (χ4v) is 8.61. The Balaban J connectivity index is 0.915. The monoisotopic (exact) mass is 791 g/mol. The Hall–Kier alpha value is -8.20. The first kappa shape index (κ1) is 36.8. The SMILES string of the molecule is c1ccc(-c2ccc(-c3ccc(N(c4ccc(-c5ccc(-c6ccccc6)cc5)cc4)c4cccc(-c5ccc(-c6ccc7oc8ccccc8c7c6)cc5)c4)cc3)cc2)cc1. The summed E-state index contributed by atoms with van der Waals surface area (Å²) in [7, 11) is 0. The van der Waals surface area contributed by atoms with Gasteiger partial charge in [0.25, 0.3) is 0 Å². The van der Waals surface area contributed by atoms with E-state index in [0.717, 1.165) is 50.1 Å². The maximum atomic E-state index is 6.10. The Morgan fingerprint density at radius 2 is 0.548 bits per heavy atom. The number of nitrogens with zero attached hydrogens (tertiary/aromatic N) is 1. The molecule has 2 heteroatoms. The zero-order chi connectivity index (χ0) is 41.2. The van der Waals surface area contributed by atoms with Gasteiger partial charge in [-0.05, 0) is 121 Å². The summed E-state index contributed by atoms with van der Waals surface area (Å²) in [5, 5.41) is 2.28. The van der Waals surface area contributed by atoms with Crippen molar-refractivity contribution in [3.8, 4) is 66.8 Å². The number of benzene rings is 10. The van der Waals surface area contributed by atoms with Gasteiger partial charge >= 0.3 is 0 Å². The summed E-state index contributed by atoms with van der Waals surface area (Å²) in [6.45, 7) is 0. The van der Waals surface area contributed by atoms with Crippen LogP contribution in [0.15, 0.2) is 253 Å². The molecule has 11 aromatic rings. The Morgan fingerprint density at radius 3 is 1.03 bits per heavy atom. The van der Waals surface area contributed by atoms with E-state index >= 15 is 0 Å². The molecule has 1 aromatic heterocycles. The average Bonchev–Trinajstić information content (AvgIpc) is 3.73. The molecular weight excluding hydrogens is 751 g/mol. The molecule has 0 radical (unpaired) electrons. The molecule has 0 amide bonds. The van der Waals surface area contributed by atoms with Crippen molar-refractivity contribution in [2.45, 2.75) is 0 Å². The van der Waals surface area contributed by atoms with E-state index in [4.69, 9.17) is 4.42 Å². The van der Waals surface area contributed by atoms with Crippen LogP contribution in [-0.2, 0) is 0 Å². The van der Waals surface area contributed by atoms with Crippen LogP contribution in [0.1, 0.15) is 0 Å². The van der Waals surface area contributed by atoms with Gasteiger partial charge in [0.15, 0.2) is 0 Å². The van der Waals surface area contributed by atoms with E-state index in [2.05, 4.69) is 241 Å². The molecule has 0 aliphatic heterocycles. The molecule has 0 unspecified atom stereocenters. The van der Waals surface area contributed by atoms with Crippen molar-refractivity contribution in [3.63, 3.8) is 0 Å². The van der Waals surface area contributed by atoms with Crippen LogP contribution >= 0.6 is 0 Å². The van der Waals surface area contributed by atoms with Gasteiger partial charge in [0.05, 0.1) is 0 Å². The van der Waals surface area contributed by atoms with Crippen molar-refractivity contribution < 1.29 is 4.42 Å². The molecule has 0 spiro atoms. The Bertz CT molecular complexity index is 3150. The topological polar surface area (TPSA) is 16.4 Å². The molecule has 0 saturated heterocycles. The molecule has 62 heavy (non-hydrogen) atoms. The summed E-state index contributed by atoms with van der Waals surface area (Å²) in [5.74, 6) is 0. The van der Waals surface area contributed by atoms with Crippen LogP contribution in [0, 0.1) is 0 Å². The summed E-state index contributed by atoms with van der Waals surface area (Å²) in [6, 6.07) is 89.1. The van der Waals surface area contributed by atoms with Crippen LogP contribution in [0.5, 0.6) is 0 Å². The molecule has 1 heterocycles. The van der Waals surface area contributed by atoms with Gasteiger partial charge < -0.3 is 9.32 Å². The molecular formula is C60H41NO. The van der Waals surface area contributed by atoms with E-state index in [0.29, 0.717) is 0 Å². The zero-order valence-corrected chi connectivity index (χ0v) is 34.0. The van der Waals surface area contributed by atoms with Gasteiger partial charge in [-0.25, -0.2) is 0 Å². The summed E-state index contributed by atoms with van der Waals surface area (Å²) in [4.78, 5) is 2.35. The molecule has 0 bridgehead atoms. The third kappa shape index (κ3) is 7.25. The van der Waals surface area contributed by atoms with E-state index in [1.54, 1.807) is 0 Å². The largest absolute Gasteiger partial charge is 0.456 e. The van der Waals surface area contributed by atoms with Crippen molar-refractivity contribution in [2.24, 2.45) is 0 Å². The number of anilines is 3. The second-order valence-corrected chi connectivity index (χ2v) is 15.8. The summed E-state index contributed by atoms with van der Waals surface area (Å²) < 4.78 is 6.10. The second kappa shape index (κ2) is 16.1. The average molecular weight is 792 g/mol. The van der Waals surface area contributed by atoms with Gasteiger partial charge in [-0.3, -0.25) is 0 Å². The lowest BCUT2D eigenvalue weighted by Gasteiger charge is -2.26. The highest BCUT2D eigenvalue weighted by Gasteiger charge is 2.15. The summed E-state index contributed by atoms with van der Waals surface area (Å²) >= 11 is 0. The van der Waals surface area contributed by atoms with Crippen LogP contribution < -0.4 is 4.90 Å². The lowest BCUT2D eigenvalue weighted by molar-refractivity contribution is 0.669. The number of fused-ring (bicyclic) bond motifs is 3. The normalized spacial score (nSPS) is 11.2. The smallest absolute Gasteiger partial charge is 0.135 e. The molecule has 10 aromatic carbocycles. The van der Waals surface area contributed by atoms with E-state index < -0.39 is 0 Å². The van der Waals surface area contributed by atoms with Gasteiger partial charge in [0.2, 0.25) is 0 Å². The minimum atomic E-state index is 0.909. The van der Waals surface area contributed by atoms with Crippen LogP contribution in [-0.4, -0.2) is 0 Å². The van der Waals surface area contributed by atoms with Crippen LogP contribution in [0.2, 0.25) is 0 Å². The standard InChI is InChI=1S/C60H41NO/c1-3-10-42(11-4-1)44-18-22-46(23-19-44)48-30-35-54(36-31-48)61(55-37-32-49(33-38-55)47-24-20-45(21-25-47)43-12-5-2-6-13-43)56-15-9-14-52(40-56)50-26-28-51(29-27-50)53-34-39-60-58(41-53)57-16-7-8-17-59(57)62-60/h1-41H. The van der Waals surface area contributed by atoms with Crippen molar-refractivity contribution >= 4 is 39.0 Å². The van der Waals surface area contributed by atoms with Gasteiger partial charge in [-0.2, -0.15) is 0 Å². The minimum Gasteiger partial charge on any atom is -0.456 e. The highest BCUT2D eigenvalue weighted by molar-refractivity contribution is 6.06. The number of hydrogen-bond donors (Lipinski definition) is 0. The lowest BCUT2D eigenvalue weighted by atomic mass is 9.98. The molecule has 292 valence electrons. The van der Waals surface area contributed by atoms with Crippen LogP contribution in [0.3, 0.4) is 0 Å². The van der Waals surface area contributed by atoms with Gasteiger partial charge in [0, 0.05) is 27.8 Å². The van der Waals surface area contributed by atoms with Crippen LogP contribution in [0.4, 0.5) is 17.1 Å². The lowest BCUT2D eigenvalue weighted by Crippen LogP contribution is -2.10. The Morgan fingerprint density at radius 1 is 0.210 bits per heavy atom. The molecule has 0 aliphatic carbocycles. The number of para-hydroxylation sites is 1. The molecule has 0 aliphatic rings. The number of furan rings is 1. The quantitative estimate of drug-likeness (QED) is 0.145. The van der Waals surface area contributed by atoms with Gasteiger partial charge in [-0.1, -0.05) is 194 Å². The van der Waals surface area contributed by atoms with E-state index in [1.807, 2.05) is 12.1 Å².